The molecule has 1 fully saturated rings. The number of likely N-dealkylation sites (tertiary alicyclic amines) is 1. The van der Waals surface area contributed by atoms with Crippen molar-refractivity contribution in [2.75, 3.05) is 34.1 Å². The molecule has 2 heterocycles. The first-order valence-corrected chi connectivity index (χ1v) is 10.6. The van der Waals surface area contributed by atoms with Crippen molar-refractivity contribution in [3.05, 3.63) is 47.5 Å². The fourth-order valence-corrected chi connectivity index (χ4v) is 4.28. The molecule has 0 bridgehead atoms. The van der Waals surface area contributed by atoms with Crippen molar-refractivity contribution in [3.8, 4) is 23.0 Å². The summed E-state index contributed by atoms with van der Waals surface area (Å²) in [7, 11) is 3.19. The first-order valence-electron chi connectivity index (χ1n) is 10.6. The molecule has 2 unspecified atom stereocenters. The number of carbonyl (C=O) groups is 2. The Labute approximate surface area is 187 Å². The molecule has 0 radical (unpaired) electrons. The van der Waals surface area contributed by atoms with Crippen LogP contribution in [0.1, 0.15) is 30.4 Å². The molecule has 4 rings (SSSR count). The van der Waals surface area contributed by atoms with Crippen LogP contribution in [0.5, 0.6) is 23.0 Å². The van der Waals surface area contributed by atoms with E-state index in [1.165, 1.54) is 0 Å². The molecule has 0 saturated carbocycles. The summed E-state index contributed by atoms with van der Waals surface area (Å²) in [4.78, 5) is 26.9. The fourth-order valence-electron chi connectivity index (χ4n) is 4.28. The van der Waals surface area contributed by atoms with E-state index in [2.05, 4.69) is 5.32 Å². The van der Waals surface area contributed by atoms with E-state index in [4.69, 9.17) is 18.9 Å². The maximum atomic E-state index is 13.0. The van der Waals surface area contributed by atoms with Crippen molar-refractivity contribution >= 4 is 11.8 Å². The zero-order valence-electron chi connectivity index (χ0n) is 18.6. The Morgan fingerprint density at radius 2 is 1.81 bits per heavy atom. The molecule has 0 aromatic heterocycles. The summed E-state index contributed by atoms with van der Waals surface area (Å²) >= 11 is 0. The molecule has 2 aromatic rings. The average Bonchev–Trinajstić information content (AvgIpc) is 3.29. The number of amides is 2. The molecule has 0 aliphatic carbocycles. The van der Waals surface area contributed by atoms with Crippen molar-refractivity contribution in [2.45, 2.75) is 25.8 Å². The number of piperidine rings is 1. The van der Waals surface area contributed by atoms with Crippen molar-refractivity contribution in [1.82, 2.24) is 10.2 Å². The third-order valence-electron chi connectivity index (χ3n) is 6.05. The van der Waals surface area contributed by atoms with Gasteiger partial charge in [-0.1, -0.05) is 12.1 Å². The van der Waals surface area contributed by atoms with Crippen LogP contribution >= 0.6 is 0 Å². The molecule has 2 aliphatic heterocycles. The van der Waals surface area contributed by atoms with Gasteiger partial charge in [0.1, 0.15) is 0 Å². The van der Waals surface area contributed by atoms with E-state index >= 15 is 0 Å². The van der Waals surface area contributed by atoms with Gasteiger partial charge in [-0.15, -0.1) is 0 Å². The number of carbonyl (C=O) groups excluding carboxylic acids is 2. The molecule has 1 saturated heterocycles. The van der Waals surface area contributed by atoms with E-state index in [9.17, 15) is 9.59 Å². The van der Waals surface area contributed by atoms with Crippen LogP contribution < -0.4 is 24.3 Å². The van der Waals surface area contributed by atoms with Crippen LogP contribution in [0.15, 0.2) is 36.4 Å². The number of nitrogens with zero attached hydrogens (tertiary/aromatic N) is 1. The van der Waals surface area contributed by atoms with Gasteiger partial charge in [0, 0.05) is 32.5 Å². The molecule has 8 nitrogen and oxygen atoms in total. The minimum absolute atomic E-state index is 0.0220. The number of benzene rings is 2. The predicted molar refractivity (Wildman–Crippen MR) is 117 cm³/mol. The molecule has 0 spiro atoms. The maximum absolute atomic E-state index is 13.0. The zero-order valence-corrected chi connectivity index (χ0v) is 18.6. The summed E-state index contributed by atoms with van der Waals surface area (Å²) in [5.41, 5.74) is 1.94. The SMILES string of the molecule is COc1ccc(C2CC(C(=O)NCc3ccc4c(c3)OCO4)CN(C(C)=O)C2)cc1OC. The zero-order chi connectivity index (χ0) is 22.7. The Balaban J connectivity index is 1.46. The van der Waals surface area contributed by atoms with Gasteiger partial charge >= 0.3 is 0 Å². The predicted octanol–water partition coefficient (Wildman–Crippen LogP) is 2.70. The van der Waals surface area contributed by atoms with Crippen molar-refractivity contribution < 1.29 is 28.5 Å². The Morgan fingerprint density at radius 1 is 1.03 bits per heavy atom. The second kappa shape index (κ2) is 9.38. The monoisotopic (exact) mass is 440 g/mol. The summed E-state index contributed by atoms with van der Waals surface area (Å²) in [6.07, 6.45) is 0.645. The first kappa shape index (κ1) is 21.8. The molecule has 170 valence electrons. The van der Waals surface area contributed by atoms with Gasteiger partial charge < -0.3 is 29.2 Å². The lowest BCUT2D eigenvalue weighted by Crippen LogP contribution is -2.47. The van der Waals surface area contributed by atoms with Crippen molar-refractivity contribution in [1.29, 1.82) is 0 Å². The van der Waals surface area contributed by atoms with Gasteiger partial charge in [0.25, 0.3) is 0 Å². The first-order chi connectivity index (χ1) is 15.5. The van der Waals surface area contributed by atoms with Crippen LogP contribution in [0.2, 0.25) is 0 Å². The Kier molecular flexibility index (Phi) is 6.39. The minimum atomic E-state index is -0.306. The topological polar surface area (TPSA) is 86.3 Å². The lowest BCUT2D eigenvalue weighted by molar-refractivity contribution is -0.134. The Hall–Kier alpha value is -3.42. The second-order valence-electron chi connectivity index (χ2n) is 8.07. The van der Waals surface area contributed by atoms with Gasteiger partial charge in [-0.2, -0.15) is 0 Å². The van der Waals surface area contributed by atoms with E-state index in [-0.39, 0.29) is 30.4 Å². The van der Waals surface area contributed by atoms with Crippen LogP contribution in [0.4, 0.5) is 0 Å². The molecule has 2 aliphatic rings. The molecule has 32 heavy (non-hydrogen) atoms. The van der Waals surface area contributed by atoms with Crippen LogP contribution in [0, 0.1) is 5.92 Å². The van der Waals surface area contributed by atoms with Gasteiger partial charge in [-0.3, -0.25) is 9.59 Å². The molecular formula is C24H28N2O6. The van der Waals surface area contributed by atoms with Crippen molar-refractivity contribution in [2.24, 2.45) is 5.92 Å². The number of hydrogen-bond acceptors (Lipinski definition) is 6. The van der Waals surface area contributed by atoms with E-state index in [1.54, 1.807) is 26.0 Å². The highest BCUT2D eigenvalue weighted by Crippen LogP contribution is 2.36. The van der Waals surface area contributed by atoms with Gasteiger partial charge in [0.05, 0.1) is 20.1 Å². The molecular weight excluding hydrogens is 412 g/mol. The normalized spacial score (nSPS) is 19.4. The van der Waals surface area contributed by atoms with Crippen molar-refractivity contribution in [3.63, 3.8) is 0 Å². The lowest BCUT2D eigenvalue weighted by atomic mass is 9.83. The van der Waals surface area contributed by atoms with Gasteiger partial charge in [0.15, 0.2) is 23.0 Å². The molecule has 1 N–H and O–H groups in total. The summed E-state index contributed by atoms with van der Waals surface area (Å²) in [6, 6.07) is 11.4. The third kappa shape index (κ3) is 4.59. The van der Waals surface area contributed by atoms with E-state index in [1.807, 2.05) is 36.4 Å². The molecule has 8 heteroatoms. The largest absolute Gasteiger partial charge is 0.493 e. The minimum Gasteiger partial charge on any atom is -0.493 e. The number of ether oxygens (including phenoxy) is 4. The van der Waals surface area contributed by atoms with Gasteiger partial charge in [0.2, 0.25) is 18.6 Å². The van der Waals surface area contributed by atoms with Crippen LogP contribution in [0.3, 0.4) is 0 Å². The average molecular weight is 440 g/mol. The highest BCUT2D eigenvalue weighted by Gasteiger charge is 2.34. The fraction of sp³-hybridized carbons (Fsp3) is 0.417. The highest BCUT2D eigenvalue weighted by atomic mass is 16.7. The smallest absolute Gasteiger partial charge is 0.231 e. The number of nitrogens with one attached hydrogen (secondary N) is 1. The van der Waals surface area contributed by atoms with Gasteiger partial charge in [-0.25, -0.2) is 0 Å². The molecule has 2 aromatic carbocycles. The summed E-state index contributed by atoms with van der Waals surface area (Å²) in [5, 5.41) is 3.01. The number of hydrogen-bond donors (Lipinski definition) is 1. The van der Waals surface area contributed by atoms with E-state index in [0.717, 1.165) is 11.1 Å². The number of fused-ring (bicyclic) bond motifs is 1. The van der Waals surface area contributed by atoms with Crippen LogP contribution in [-0.2, 0) is 16.1 Å². The summed E-state index contributed by atoms with van der Waals surface area (Å²) in [5.74, 6) is 2.28. The van der Waals surface area contributed by atoms with E-state index in [0.29, 0.717) is 49.1 Å². The Bertz CT molecular complexity index is 1010. The summed E-state index contributed by atoms with van der Waals surface area (Å²) < 4.78 is 21.5. The highest BCUT2D eigenvalue weighted by molar-refractivity contribution is 5.81. The van der Waals surface area contributed by atoms with Crippen LogP contribution in [0.25, 0.3) is 0 Å². The molecule has 2 amide bonds. The Morgan fingerprint density at radius 3 is 2.56 bits per heavy atom. The summed E-state index contributed by atoms with van der Waals surface area (Å²) in [6.45, 7) is 3.11. The number of rotatable bonds is 6. The second-order valence-corrected chi connectivity index (χ2v) is 8.07. The quantitative estimate of drug-likeness (QED) is 0.743. The maximum Gasteiger partial charge on any atom is 0.231 e. The lowest BCUT2D eigenvalue weighted by Gasteiger charge is -2.37. The third-order valence-corrected chi connectivity index (χ3v) is 6.05. The standard InChI is InChI=1S/C24H28N2O6/c1-15(27)26-12-18(17-5-7-20(29-2)22(10-17)30-3)9-19(13-26)24(28)25-11-16-4-6-21-23(8-16)32-14-31-21/h4-8,10,18-19H,9,11-14H2,1-3H3,(H,25,28). The molecule has 2 atom stereocenters. The number of methoxy groups -OCH3 is 2. The van der Waals surface area contributed by atoms with E-state index < -0.39 is 0 Å². The van der Waals surface area contributed by atoms with Gasteiger partial charge in [-0.05, 0) is 41.8 Å². The van der Waals surface area contributed by atoms with Crippen LogP contribution in [-0.4, -0.2) is 50.8 Å².